The van der Waals surface area contributed by atoms with E-state index in [1.54, 1.807) is 44.9 Å². The fourth-order valence-electron chi connectivity index (χ4n) is 8.25. The lowest BCUT2D eigenvalue weighted by molar-refractivity contribution is -0.117. The van der Waals surface area contributed by atoms with E-state index >= 15 is 0 Å². The second-order valence-electron chi connectivity index (χ2n) is 10.3. The summed E-state index contributed by atoms with van der Waals surface area (Å²) in [6, 6.07) is 0. The third-order valence-corrected chi connectivity index (χ3v) is 9.62. The Balaban J connectivity index is 1.61. The third-order valence-electron chi connectivity index (χ3n) is 9.62. The molecule has 4 aliphatic carbocycles. The van der Waals surface area contributed by atoms with Gasteiger partial charge in [-0.1, -0.05) is 40.5 Å². The summed E-state index contributed by atoms with van der Waals surface area (Å²) in [5.74, 6) is 6.34. The zero-order valence-corrected chi connectivity index (χ0v) is 15.5. The van der Waals surface area contributed by atoms with Gasteiger partial charge in [-0.15, -0.1) is 0 Å². The second-order valence-corrected chi connectivity index (χ2v) is 10.3. The first-order valence-electron chi connectivity index (χ1n) is 10.5. The smallest absolute Gasteiger partial charge is 0.0266 e. The molecule has 0 N–H and O–H groups in total. The maximum atomic E-state index is 2.72. The SMILES string of the molecule is CCC1CCC2C3CC[C@H]4C[C@H](C)CCC4(C)C3CCC12C. The highest BCUT2D eigenvalue weighted by Crippen LogP contribution is 2.68. The number of hydrogen-bond acceptors (Lipinski definition) is 0. The van der Waals surface area contributed by atoms with Gasteiger partial charge in [0.15, 0.2) is 0 Å². The third kappa shape index (κ3) is 2.01. The van der Waals surface area contributed by atoms with Gasteiger partial charge in [-0.05, 0) is 97.7 Å². The van der Waals surface area contributed by atoms with Crippen LogP contribution in [0, 0.1) is 46.3 Å². The molecule has 22 heavy (non-hydrogen) atoms. The van der Waals surface area contributed by atoms with Crippen molar-refractivity contribution in [3.8, 4) is 0 Å². The fourth-order valence-corrected chi connectivity index (χ4v) is 8.25. The highest BCUT2D eigenvalue weighted by atomic mass is 14.6. The molecule has 0 amide bonds. The summed E-state index contributed by atoms with van der Waals surface area (Å²) in [6.45, 7) is 10.4. The molecule has 0 saturated heterocycles. The zero-order valence-electron chi connectivity index (χ0n) is 15.5. The molecule has 4 fully saturated rings. The van der Waals surface area contributed by atoms with Crippen LogP contribution in [-0.4, -0.2) is 0 Å². The summed E-state index contributed by atoms with van der Waals surface area (Å²) in [4.78, 5) is 0. The summed E-state index contributed by atoms with van der Waals surface area (Å²) in [6.07, 6.45) is 15.4. The van der Waals surface area contributed by atoms with Gasteiger partial charge in [0.05, 0.1) is 0 Å². The lowest BCUT2D eigenvalue weighted by Crippen LogP contribution is -2.53. The average molecular weight is 303 g/mol. The Morgan fingerprint density at radius 3 is 2.32 bits per heavy atom. The summed E-state index contributed by atoms with van der Waals surface area (Å²) >= 11 is 0. The summed E-state index contributed by atoms with van der Waals surface area (Å²) in [5.41, 5.74) is 1.42. The highest BCUT2D eigenvalue weighted by molar-refractivity contribution is 5.08. The van der Waals surface area contributed by atoms with Gasteiger partial charge >= 0.3 is 0 Å². The molecule has 0 aliphatic heterocycles. The van der Waals surface area contributed by atoms with Crippen LogP contribution >= 0.6 is 0 Å². The predicted molar refractivity (Wildman–Crippen MR) is 94.7 cm³/mol. The van der Waals surface area contributed by atoms with Crippen LogP contribution in [0.4, 0.5) is 0 Å². The van der Waals surface area contributed by atoms with Crippen LogP contribution in [0.25, 0.3) is 0 Å². The molecule has 0 bridgehead atoms. The normalized spacial score (nSPS) is 57.8. The second kappa shape index (κ2) is 5.25. The highest BCUT2D eigenvalue weighted by Gasteiger charge is 2.59. The predicted octanol–water partition coefficient (Wildman–Crippen LogP) is 6.69. The average Bonchev–Trinajstić information content (AvgIpc) is 2.84. The van der Waals surface area contributed by atoms with E-state index in [1.165, 1.54) is 19.3 Å². The molecule has 0 aromatic heterocycles. The van der Waals surface area contributed by atoms with Crippen molar-refractivity contribution in [2.24, 2.45) is 46.3 Å². The molecule has 0 nitrogen and oxygen atoms in total. The minimum absolute atomic E-state index is 0.709. The van der Waals surface area contributed by atoms with Crippen molar-refractivity contribution in [2.75, 3.05) is 0 Å². The topological polar surface area (TPSA) is 0 Å². The van der Waals surface area contributed by atoms with Gasteiger partial charge in [0.1, 0.15) is 0 Å². The van der Waals surface area contributed by atoms with Gasteiger partial charge in [-0.25, -0.2) is 0 Å². The van der Waals surface area contributed by atoms with Crippen LogP contribution < -0.4 is 0 Å². The molecule has 4 aliphatic rings. The summed E-state index contributed by atoms with van der Waals surface area (Å²) in [5, 5.41) is 0. The Kier molecular flexibility index (Phi) is 3.70. The number of fused-ring (bicyclic) bond motifs is 5. The van der Waals surface area contributed by atoms with Crippen LogP contribution in [-0.2, 0) is 0 Å². The van der Waals surface area contributed by atoms with Gasteiger partial charge in [0, 0.05) is 0 Å². The molecule has 8 atom stereocenters. The molecule has 6 unspecified atom stereocenters. The quantitative estimate of drug-likeness (QED) is 0.506. The standard InChI is InChI=1S/C22H38/c1-5-16-7-9-19-18-8-6-17-14-15(2)10-12-22(17,4)20(18)11-13-21(16,19)3/h15-20H,5-14H2,1-4H3/t15-,16?,17+,18?,19?,20?,21?,22?/m1/s1. The van der Waals surface area contributed by atoms with Crippen LogP contribution in [0.2, 0.25) is 0 Å². The monoisotopic (exact) mass is 302 g/mol. The van der Waals surface area contributed by atoms with Crippen molar-refractivity contribution in [3.05, 3.63) is 0 Å². The molecular formula is C22H38. The first-order valence-corrected chi connectivity index (χ1v) is 10.5. The van der Waals surface area contributed by atoms with Crippen molar-refractivity contribution >= 4 is 0 Å². The Hall–Kier alpha value is 0. The molecule has 0 radical (unpaired) electrons. The minimum atomic E-state index is 0.709. The van der Waals surface area contributed by atoms with Crippen molar-refractivity contribution < 1.29 is 0 Å². The van der Waals surface area contributed by atoms with E-state index in [0.29, 0.717) is 10.8 Å². The van der Waals surface area contributed by atoms with Gasteiger partial charge < -0.3 is 0 Å². The van der Waals surface area contributed by atoms with E-state index in [0.717, 1.165) is 35.5 Å². The van der Waals surface area contributed by atoms with E-state index in [4.69, 9.17) is 0 Å². The maximum absolute atomic E-state index is 2.72. The Morgan fingerprint density at radius 1 is 0.818 bits per heavy atom. The van der Waals surface area contributed by atoms with Gasteiger partial charge in [0.25, 0.3) is 0 Å². The number of rotatable bonds is 1. The lowest BCUT2D eigenvalue weighted by atomic mass is 9.44. The van der Waals surface area contributed by atoms with Gasteiger partial charge in [-0.2, -0.15) is 0 Å². The zero-order chi connectivity index (χ0) is 15.5. The first kappa shape index (κ1) is 15.5. The Labute approximate surface area is 138 Å². The molecule has 0 spiro atoms. The maximum Gasteiger partial charge on any atom is -0.0266 e. The van der Waals surface area contributed by atoms with Crippen molar-refractivity contribution in [3.63, 3.8) is 0 Å². The molecule has 4 saturated carbocycles. The molecule has 0 aromatic rings. The molecule has 4 rings (SSSR count). The van der Waals surface area contributed by atoms with Gasteiger partial charge in [-0.3, -0.25) is 0 Å². The molecular weight excluding hydrogens is 264 g/mol. The van der Waals surface area contributed by atoms with E-state index in [1.807, 2.05) is 0 Å². The van der Waals surface area contributed by atoms with Crippen molar-refractivity contribution in [2.45, 2.75) is 91.9 Å². The first-order chi connectivity index (χ1) is 10.5. The van der Waals surface area contributed by atoms with E-state index < -0.39 is 0 Å². The van der Waals surface area contributed by atoms with Crippen molar-refractivity contribution in [1.29, 1.82) is 0 Å². The number of hydrogen-bond donors (Lipinski definition) is 0. The van der Waals surface area contributed by atoms with Crippen LogP contribution in [0.15, 0.2) is 0 Å². The molecule has 0 heterocycles. The lowest BCUT2D eigenvalue weighted by Gasteiger charge is -2.61. The van der Waals surface area contributed by atoms with E-state index in [2.05, 4.69) is 27.7 Å². The van der Waals surface area contributed by atoms with Crippen molar-refractivity contribution in [1.82, 2.24) is 0 Å². The van der Waals surface area contributed by atoms with Crippen LogP contribution in [0.3, 0.4) is 0 Å². The summed E-state index contributed by atoms with van der Waals surface area (Å²) < 4.78 is 0. The van der Waals surface area contributed by atoms with E-state index in [-0.39, 0.29) is 0 Å². The molecule has 0 aromatic carbocycles. The van der Waals surface area contributed by atoms with E-state index in [9.17, 15) is 0 Å². The fraction of sp³-hybridized carbons (Fsp3) is 1.00. The minimum Gasteiger partial charge on any atom is -0.0651 e. The van der Waals surface area contributed by atoms with Crippen LogP contribution in [0.1, 0.15) is 91.9 Å². The van der Waals surface area contributed by atoms with Crippen LogP contribution in [0.5, 0.6) is 0 Å². The van der Waals surface area contributed by atoms with Gasteiger partial charge in [0.2, 0.25) is 0 Å². The largest absolute Gasteiger partial charge is 0.0651 e. The Morgan fingerprint density at radius 2 is 1.55 bits per heavy atom. The molecule has 126 valence electrons. The Bertz CT molecular complexity index is 426. The molecule has 0 heteroatoms. The summed E-state index contributed by atoms with van der Waals surface area (Å²) in [7, 11) is 0.